The van der Waals surface area contributed by atoms with E-state index in [2.05, 4.69) is 229 Å². The zero-order valence-electron chi connectivity index (χ0n) is 31.2. The van der Waals surface area contributed by atoms with E-state index in [1.54, 1.807) is 0 Å². The molecule has 0 aliphatic heterocycles. The highest BCUT2D eigenvalue weighted by molar-refractivity contribution is 6.11. The molecule has 1 aromatic heterocycles. The molecule has 0 radical (unpaired) electrons. The second-order valence-corrected chi connectivity index (χ2v) is 14.8. The number of hydrogen-bond donors (Lipinski definition) is 0. The van der Waals surface area contributed by atoms with Crippen molar-refractivity contribution in [2.24, 2.45) is 0 Å². The summed E-state index contributed by atoms with van der Waals surface area (Å²) in [6, 6.07) is 80.9. The molecule has 0 fully saturated rings. The molecule has 1 aliphatic carbocycles. The van der Waals surface area contributed by atoms with Gasteiger partial charge in [-0.05, 0) is 98.1 Å². The second kappa shape index (κ2) is 13.4. The van der Waals surface area contributed by atoms with E-state index >= 15 is 0 Å². The normalized spacial score (nSPS) is 12.7. The SMILES string of the molecule is c1ccc(-c2cc(-c3ccccc3)cc(N(c3ccccc3)c3cccc4c3oc3cc(C5(c6ccccc6)c6ccccc6-c6ccccc65)ccc34)c2)cc1. The molecule has 0 amide bonds. The van der Waals surface area contributed by atoms with Crippen LogP contribution in [0.2, 0.25) is 0 Å². The summed E-state index contributed by atoms with van der Waals surface area (Å²) < 4.78 is 7.15. The number of furan rings is 1. The highest BCUT2D eigenvalue weighted by Gasteiger charge is 2.46. The summed E-state index contributed by atoms with van der Waals surface area (Å²) in [7, 11) is 0. The van der Waals surface area contributed by atoms with E-state index in [0.29, 0.717) is 0 Å². The van der Waals surface area contributed by atoms with E-state index in [9.17, 15) is 0 Å². The van der Waals surface area contributed by atoms with Crippen molar-refractivity contribution in [1.29, 1.82) is 0 Å². The van der Waals surface area contributed by atoms with Gasteiger partial charge in [-0.15, -0.1) is 0 Å². The molecule has 9 aromatic carbocycles. The van der Waals surface area contributed by atoms with Crippen LogP contribution in [0.1, 0.15) is 22.3 Å². The third-order valence-corrected chi connectivity index (χ3v) is 11.7. The standard InChI is InChI=1S/C55H37NO/c1-5-18-38(19-6-1)40-34-41(39-20-7-2-8-21-39)36-45(35-40)56(44-24-11-4-12-25-44)52-31-17-28-49-48-33-32-43(37-53(48)57-54(49)52)55(42-22-9-3-10-23-42)50-29-15-13-26-46(50)47-27-14-16-30-51(47)55/h1-37H. The summed E-state index contributed by atoms with van der Waals surface area (Å²) in [6.07, 6.45) is 0. The fourth-order valence-corrected chi connectivity index (χ4v) is 9.24. The smallest absolute Gasteiger partial charge is 0.159 e. The predicted molar refractivity (Wildman–Crippen MR) is 237 cm³/mol. The molecule has 57 heavy (non-hydrogen) atoms. The maximum Gasteiger partial charge on any atom is 0.159 e. The third kappa shape index (κ3) is 5.26. The Morgan fingerprint density at radius 3 is 1.51 bits per heavy atom. The van der Waals surface area contributed by atoms with Crippen LogP contribution in [0.25, 0.3) is 55.3 Å². The molecule has 0 atom stereocenters. The van der Waals surface area contributed by atoms with Crippen LogP contribution in [-0.4, -0.2) is 0 Å². The van der Waals surface area contributed by atoms with E-state index in [1.165, 1.54) is 44.5 Å². The van der Waals surface area contributed by atoms with Crippen molar-refractivity contribution in [2.45, 2.75) is 5.41 Å². The molecule has 0 saturated heterocycles. The van der Waals surface area contributed by atoms with Gasteiger partial charge in [0.25, 0.3) is 0 Å². The van der Waals surface area contributed by atoms with E-state index in [0.717, 1.165) is 50.1 Å². The van der Waals surface area contributed by atoms with Crippen LogP contribution < -0.4 is 4.90 Å². The quantitative estimate of drug-likeness (QED) is 0.163. The first-order chi connectivity index (χ1) is 28.3. The minimum Gasteiger partial charge on any atom is -0.454 e. The molecule has 0 unspecified atom stereocenters. The molecule has 2 heteroatoms. The average molecular weight is 728 g/mol. The van der Waals surface area contributed by atoms with Gasteiger partial charge in [0.15, 0.2) is 5.58 Å². The van der Waals surface area contributed by atoms with E-state index in [-0.39, 0.29) is 0 Å². The van der Waals surface area contributed by atoms with Crippen molar-refractivity contribution in [2.75, 3.05) is 4.90 Å². The van der Waals surface area contributed by atoms with Gasteiger partial charge in [0, 0.05) is 22.1 Å². The zero-order valence-corrected chi connectivity index (χ0v) is 31.2. The molecule has 0 saturated carbocycles. The lowest BCUT2D eigenvalue weighted by atomic mass is 9.67. The Hall–Kier alpha value is -7.42. The minimum absolute atomic E-state index is 0.508. The van der Waals surface area contributed by atoms with Crippen molar-refractivity contribution >= 4 is 39.0 Å². The number of nitrogens with zero attached hydrogens (tertiary/aromatic N) is 1. The van der Waals surface area contributed by atoms with Gasteiger partial charge in [-0.25, -0.2) is 0 Å². The molecule has 0 spiro atoms. The van der Waals surface area contributed by atoms with Gasteiger partial charge >= 0.3 is 0 Å². The Labute approximate surface area is 332 Å². The Bertz CT molecular complexity index is 2950. The number of benzene rings is 9. The highest BCUT2D eigenvalue weighted by atomic mass is 16.3. The van der Waals surface area contributed by atoms with Crippen LogP contribution in [0.15, 0.2) is 229 Å². The molecule has 2 nitrogen and oxygen atoms in total. The molecule has 268 valence electrons. The highest BCUT2D eigenvalue weighted by Crippen LogP contribution is 2.56. The molecule has 0 N–H and O–H groups in total. The molecular weight excluding hydrogens is 691 g/mol. The Kier molecular flexibility index (Phi) is 7.75. The van der Waals surface area contributed by atoms with E-state index in [4.69, 9.17) is 4.42 Å². The fourth-order valence-electron chi connectivity index (χ4n) is 9.24. The summed E-state index contributed by atoms with van der Waals surface area (Å²) in [5.74, 6) is 0. The molecule has 0 bridgehead atoms. The minimum atomic E-state index is -0.508. The van der Waals surface area contributed by atoms with Gasteiger partial charge < -0.3 is 9.32 Å². The van der Waals surface area contributed by atoms with Crippen LogP contribution in [-0.2, 0) is 5.41 Å². The van der Waals surface area contributed by atoms with Crippen molar-refractivity contribution in [3.05, 3.63) is 247 Å². The summed E-state index contributed by atoms with van der Waals surface area (Å²) in [5.41, 5.74) is 16.5. The summed E-state index contributed by atoms with van der Waals surface area (Å²) in [6.45, 7) is 0. The molecule has 1 aliphatic rings. The van der Waals surface area contributed by atoms with Gasteiger partial charge in [0.1, 0.15) is 5.58 Å². The summed E-state index contributed by atoms with van der Waals surface area (Å²) in [5, 5.41) is 2.17. The summed E-state index contributed by atoms with van der Waals surface area (Å²) in [4.78, 5) is 2.35. The van der Waals surface area contributed by atoms with Crippen LogP contribution in [0.3, 0.4) is 0 Å². The van der Waals surface area contributed by atoms with Gasteiger partial charge in [0.05, 0.1) is 11.1 Å². The van der Waals surface area contributed by atoms with Crippen LogP contribution in [0, 0.1) is 0 Å². The fraction of sp³-hybridized carbons (Fsp3) is 0.0182. The monoisotopic (exact) mass is 727 g/mol. The number of anilines is 3. The van der Waals surface area contributed by atoms with Crippen molar-refractivity contribution < 1.29 is 4.42 Å². The number of rotatable bonds is 7. The Balaban J connectivity index is 1.15. The first-order valence-corrected chi connectivity index (χ1v) is 19.6. The summed E-state index contributed by atoms with van der Waals surface area (Å²) >= 11 is 0. The van der Waals surface area contributed by atoms with Crippen molar-refractivity contribution in [1.82, 2.24) is 0 Å². The Morgan fingerprint density at radius 2 is 0.895 bits per heavy atom. The van der Waals surface area contributed by atoms with E-state index < -0.39 is 5.41 Å². The number of hydrogen-bond acceptors (Lipinski definition) is 2. The lowest BCUT2D eigenvalue weighted by Crippen LogP contribution is -2.28. The lowest BCUT2D eigenvalue weighted by molar-refractivity contribution is 0.666. The molecule has 1 heterocycles. The largest absolute Gasteiger partial charge is 0.454 e. The predicted octanol–water partition coefficient (Wildman–Crippen LogP) is 14.8. The first kappa shape index (κ1) is 33.0. The average Bonchev–Trinajstić information content (AvgIpc) is 3.82. The van der Waals surface area contributed by atoms with Crippen LogP contribution >= 0.6 is 0 Å². The van der Waals surface area contributed by atoms with Crippen LogP contribution in [0.4, 0.5) is 17.1 Å². The Morgan fingerprint density at radius 1 is 0.351 bits per heavy atom. The first-order valence-electron chi connectivity index (χ1n) is 19.6. The van der Waals surface area contributed by atoms with Gasteiger partial charge in [-0.2, -0.15) is 0 Å². The van der Waals surface area contributed by atoms with Gasteiger partial charge in [-0.3, -0.25) is 0 Å². The van der Waals surface area contributed by atoms with Crippen molar-refractivity contribution in [3.63, 3.8) is 0 Å². The maximum absolute atomic E-state index is 7.15. The molecular formula is C55H37NO. The van der Waals surface area contributed by atoms with Crippen LogP contribution in [0.5, 0.6) is 0 Å². The van der Waals surface area contributed by atoms with E-state index in [1.807, 2.05) is 0 Å². The third-order valence-electron chi connectivity index (χ3n) is 11.7. The second-order valence-electron chi connectivity index (χ2n) is 14.8. The van der Waals surface area contributed by atoms with Gasteiger partial charge in [-0.1, -0.05) is 182 Å². The lowest BCUT2D eigenvalue weighted by Gasteiger charge is -2.33. The number of para-hydroxylation sites is 2. The maximum atomic E-state index is 7.15. The number of fused-ring (bicyclic) bond motifs is 6. The van der Waals surface area contributed by atoms with Crippen molar-refractivity contribution in [3.8, 4) is 33.4 Å². The topological polar surface area (TPSA) is 16.4 Å². The molecule has 10 aromatic rings. The molecule has 11 rings (SSSR count). The van der Waals surface area contributed by atoms with Gasteiger partial charge in [0.2, 0.25) is 0 Å². The zero-order chi connectivity index (χ0) is 37.8.